The van der Waals surface area contributed by atoms with Crippen molar-refractivity contribution in [3.63, 3.8) is 0 Å². The van der Waals surface area contributed by atoms with E-state index in [1.807, 2.05) is 6.55 Å². The highest BCUT2D eigenvalue weighted by Crippen LogP contribution is 1.59. The third kappa shape index (κ3) is 3.31. The van der Waals surface area contributed by atoms with Gasteiger partial charge in [0.15, 0.2) is 0 Å². The number of hydrogen-bond donors (Lipinski definition) is 2. The Balaban J connectivity index is 3.69. The van der Waals surface area contributed by atoms with Crippen LogP contribution < -0.4 is 0 Å². The van der Waals surface area contributed by atoms with Crippen LogP contribution in [0.1, 0.15) is 0 Å². The molecular formula is C5H8N2Si. The molecule has 0 aromatic heterocycles. The Morgan fingerprint density at radius 2 is 2.38 bits per heavy atom. The van der Waals surface area contributed by atoms with Crippen molar-refractivity contribution in [2.75, 3.05) is 0 Å². The van der Waals surface area contributed by atoms with Gasteiger partial charge in [0.25, 0.3) is 0 Å². The van der Waals surface area contributed by atoms with Gasteiger partial charge < -0.3 is 5.41 Å². The first-order chi connectivity index (χ1) is 3.81. The molecule has 0 saturated carbocycles. The molecule has 0 heterocycles. The zero-order valence-electron chi connectivity index (χ0n) is 4.78. The Morgan fingerprint density at radius 1 is 1.75 bits per heavy atom. The predicted octanol–water partition coefficient (Wildman–Crippen LogP) is -0.166. The lowest BCUT2D eigenvalue weighted by atomic mass is 10.4. The molecule has 0 spiro atoms. The molecule has 2 nitrogen and oxygen atoms in total. The van der Waals surface area contributed by atoms with Gasteiger partial charge in [-0.3, -0.25) is 5.41 Å². The summed E-state index contributed by atoms with van der Waals surface area (Å²) in [5, 5.41) is 13.4. The SMILES string of the molecule is C[SiH2]C#CC(=N)C=N. The fourth-order valence-electron chi connectivity index (χ4n) is 0.220. The fraction of sp³-hybridized carbons (Fsp3) is 0.200. The lowest BCUT2D eigenvalue weighted by Gasteiger charge is -1.73. The lowest BCUT2D eigenvalue weighted by Crippen LogP contribution is -1.90. The van der Waals surface area contributed by atoms with Crippen LogP contribution in [0.2, 0.25) is 6.55 Å². The maximum Gasteiger partial charge on any atom is 0.121 e. The molecule has 0 aromatic carbocycles. The quantitative estimate of drug-likeness (QED) is 0.277. The highest BCUT2D eigenvalue weighted by atomic mass is 28.2. The normalized spacial score (nSPS) is 8.12. The van der Waals surface area contributed by atoms with Gasteiger partial charge in [0.1, 0.15) is 15.2 Å². The van der Waals surface area contributed by atoms with Crippen LogP contribution in [-0.4, -0.2) is 21.4 Å². The maximum absolute atomic E-state index is 6.85. The summed E-state index contributed by atoms with van der Waals surface area (Å²) in [4.78, 5) is 0. The van der Waals surface area contributed by atoms with Crippen molar-refractivity contribution in [1.82, 2.24) is 0 Å². The second-order valence-electron chi connectivity index (χ2n) is 1.21. The number of nitrogens with one attached hydrogen (secondary N) is 2. The standard InChI is InChI=1S/C5H8N2Si/c1-8-3-2-5(7)4-6/h4,6-7H,8H2,1H3. The molecule has 0 saturated heterocycles. The number of hydrogen-bond acceptors (Lipinski definition) is 2. The highest BCUT2D eigenvalue weighted by molar-refractivity contribution is 6.47. The van der Waals surface area contributed by atoms with E-state index >= 15 is 0 Å². The summed E-state index contributed by atoms with van der Waals surface area (Å²) in [6, 6.07) is 0. The van der Waals surface area contributed by atoms with Crippen LogP contribution in [-0.2, 0) is 0 Å². The summed E-state index contributed by atoms with van der Waals surface area (Å²) in [6.07, 6.45) is 0.955. The molecule has 0 aliphatic heterocycles. The van der Waals surface area contributed by atoms with Gasteiger partial charge >= 0.3 is 0 Å². The van der Waals surface area contributed by atoms with Crippen molar-refractivity contribution < 1.29 is 0 Å². The molecule has 0 rings (SSSR count). The zero-order chi connectivity index (χ0) is 6.41. The minimum atomic E-state index is -0.243. The second-order valence-corrected chi connectivity index (χ2v) is 2.27. The van der Waals surface area contributed by atoms with E-state index in [0.29, 0.717) is 0 Å². The minimum absolute atomic E-state index is 0.111. The topological polar surface area (TPSA) is 47.7 Å². The van der Waals surface area contributed by atoms with Crippen molar-refractivity contribution in [1.29, 1.82) is 10.8 Å². The van der Waals surface area contributed by atoms with E-state index in [2.05, 4.69) is 11.5 Å². The molecule has 0 bridgehead atoms. The monoisotopic (exact) mass is 124 g/mol. The zero-order valence-corrected chi connectivity index (χ0v) is 6.20. The van der Waals surface area contributed by atoms with E-state index in [4.69, 9.17) is 10.8 Å². The lowest BCUT2D eigenvalue weighted by molar-refractivity contribution is 1.53. The third-order valence-electron chi connectivity index (χ3n) is 0.544. The first-order valence-electron chi connectivity index (χ1n) is 2.39. The summed E-state index contributed by atoms with van der Waals surface area (Å²) in [6.45, 7) is 2.05. The van der Waals surface area contributed by atoms with Gasteiger partial charge in [-0.15, -0.1) is 5.54 Å². The summed E-state index contributed by atoms with van der Waals surface area (Å²) in [7, 11) is -0.243. The third-order valence-corrected chi connectivity index (χ3v) is 1.07. The van der Waals surface area contributed by atoms with Gasteiger partial charge in [-0.1, -0.05) is 12.5 Å². The van der Waals surface area contributed by atoms with Crippen molar-refractivity contribution in [2.24, 2.45) is 0 Å². The molecule has 0 aliphatic rings. The van der Waals surface area contributed by atoms with Crippen LogP contribution >= 0.6 is 0 Å². The van der Waals surface area contributed by atoms with Crippen LogP contribution in [0, 0.1) is 22.3 Å². The Morgan fingerprint density at radius 3 is 2.75 bits per heavy atom. The average Bonchev–Trinajstić information content (AvgIpc) is 1.83. The van der Waals surface area contributed by atoms with E-state index in [0.717, 1.165) is 6.21 Å². The summed E-state index contributed by atoms with van der Waals surface area (Å²) in [5.74, 6) is 2.53. The molecule has 3 heteroatoms. The van der Waals surface area contributed by atoms with Gasteiger partial charge in [-0.25, -0.2) is 0 Å². The van der Waals surface area contributed by atoms with E-state index in [1.54, 1.807) is 0 Å². The maximum atomic E-state index is 6.85. The molecule has 0 aliphatic carbocycles. The highest BCUT2D eigenvalue weighted by Gasteiger charge is 1.75. The van der Waals surface area contributed by atoms with Gasteiger partial charge in [0.05, 0.1) is 6.21 Å². The van der Waals surface area contributed by atoms with Crippen molar-refractivity contribution in [3.8, 4) is 11.5 Å². The smallest absolute Gasteiger partial charge is 0.121 e. The first-order valence-corrected chi connectivity index (χ1v) is 4.51. The van der Waals surface area contributed by atoms with Crippen LogP contribution in [0.3, 0.4) is 0 Å². The Labute approximate surface area is 51.1 Å². The first kappa shape index (κ1) is 7.12. The van der Waals surface area contributed by atoms with E-state index in [9.17, 15) is 0 Å². The van der Waals surface area contributed by atoms with Crippen molar-refractivity contribution >= 4 is 21.4 Å². The molecular weight excluding hydrogens is 116 g/mol. The summed E-state index contributed by atoms with van der Waals surface area (Å²) < 4.78 is 0. The molecule has 0 aromatic rings. The molecule has 2 N–H and O–H groups in total. The van der Waals surface area contributed by atoms with Crippen LogP contribution in [0.25, 0.3) is 0 Å². The van der Waals surface area contributed by atoms with Crippen LogP contribution in [0.4, 0.5) is 0 Å². The molecule has 0 atom stereocenters. The molecule has 42 valence electrons. The van der Waals surface area contributed by atoms with Crippen LogP contribution in [0.5, 0.6) is 0 Å². The molecule has 0 unspecified atom stereocenters. The van der Waals surface area contributed by atoms with Crippen LogP contribution in [0.15, 0.2) is 0 Å². The predicted molar refractivity (Wildman–Crippen MR) is 38.7 cm³/mol. The second kappa shape index (κ2) is 4.28. The molecule has 8 heavy (non-hydrogen) atoms. The van der Waals surface area contributed by atoms with E-state index < -0.39 is 0 Å². The Hall–Kier alpha value is -0.883. The summed E-state index contributed by atoms with van der Waals surface area (Å²) in [5.41, 5.74) is 2.92. The Kier molecular flexibility index (Phi) is 3.81. The van der Waals surface area contributed by atoms with Crippen molar-refractivity contribution in [3.05, 3.63) is 0 Å². The van der Waals surface area contributed by atoms with Gasteiger partial charge in [0, 0.05) is 0 Å². The number of rotatable bonds is 1. The fourth-order valence-corrected chi connectivity index (χ4v) is 0.587. The summed E-state index contributed by atoms with van der Waals surface area (Å²) >= 11 is 0. The Bertz CT molecular complexity index is 152. The molecule has 0 amide bonds. The molecule has 0 fully saturated rings. The van der Waals surface area contributed by atoms with Gasteiger partial charge in [-0.2, -0.15) is 0 Å². The van der Waals surface area contributed by atoms with E-state index in [1.165, 1.54) is 0 Å². The van der Waals surface area contributed by atoms with Crippen molar-refractivity contribution in [2.45, 2.75) is 6.55 Å². The minimum Gasteiger partial charge on any atom is -0.306 e. The van der Waals surface area contributed by atoms with Gasteiger partial charge in [-0.05, 0) is 0 Å². The largest absolute Gasteiger partial charge is 0.306 e. The van der Waals surface area contributed by atoms with Gasteiger partial charge in [0.2, 0.25) is 0 Å². The average molecular weight is 124 g/mol. The van der Waals surface area contributed by atoms with E-state index in [-0.39, 0.29) is 15.2 Å². The molecule has 0 radical (unpaired) electrons.